The van der Waals surface area contributed by atoms with E-state index in [0.717, 1.165) is 35.1 Å². The minimum absolute atomic E-state index is 0.167. The van der Waals surface area contributed by atoms with E-state index >= 15 is 0 Å². The van der Waals surface area contributed by atoms with Crippen LogP contribution in [0.4, 0.5) is 5.69 Å². The molecule has 106 valence electrons. The van der Waals surface area contributed by atoms with Gasteiger partial charge >= 0.3 is 0 Å². The summed E-state index contributed by atoms with van der Waals surface area (Å²) in [7, 11) is 0. The average molecular weight is 290 g/mol. The Balaban J connectivity index is 2.13. The molecule has 0 amide bonds. The minimum atomic E-state index is 0.167. The van der Waals surface area contributed by atoms with Crippen molar-refractivity contribution in [1.29, 1.82) is 0 Å². The predicted octanol–water partition coefficient (Wildman–Crippen LogP) is 5.30. The summed E-state index contributed by atoms with van der Waals surface area (Å²) in [5.41, 5.74) is 2.16. The summed E-state index contributed by atoms with van der Waals surface area (Å²) in [6.07, 6.45) is 0.998. The summed E-state index contributed by atoms with van der Waals surface area (Å²) in [6.45, 7) is 4.94. The number of hydrogen-bond acceptors (Lipinski definition) is 2. The topological polar surface area (TPSA) is 21.3 Å². The first-order valence-corrected chi connectivity index (χ1v) is 7.32. The lowest BCUT2D eigenvalue weighted by molar-refractivity contribution is 0.318. The van der Waals surface area contributed by atoms with Gasteiger partial charge in [0.05, 0.1) is 12.3 Å². The van der Waals surface area contributed by atoms with E-state index < -0.39 is 0 Å². The molecule has 2 nitrogen and oxygen atoms in total. The van der Waals surface area contributed by atoms with Crippen LogP contribution in [0.3, 0.4) is 0 Å². The first-order valence-electron chi connectivity index (χ1n) is 6.94. The molecule has 2 rings (SSSR count). The highest BCUT2D eigenvalue weighted by atomic mass is 35.5. The van der Waals surface area contributed by atoms with E-state index in [1.54, 1.807) is 0 Å². The van der Waals surface area contributed by atoms with Crippen molar-refractivity contribution < 1.29 is 4.74 Å². The molecule has 0 spiro atoms. The molecule has 0 saturated heterocycles. The smallest absolute Gasteiger partial charge is 0.142 e. The normalized spacial score (nSPS) is 11.9. The van der Waals surface area contributed by atoms with E-state index in [0.29, 0.717) is 0 Å². The minimum Gasteiger partial charge on any atom is -0.491 e. The second-order valence-electron chi connectivity index (χ2n) is 4.77. The van der Waals surface area contributed by atoms with Crippen molar-refractivity contribution in [3.63, 3.8) is 0 Å². The van der Waals surface area contributed by atoms with Gasteiger partial charge in [0.15, 0.2) is 0 Å². The number of para-hydroxylation sites is 2. The first kappa shape index (κ1) is 14.7. The highest BCUT2D eigenvalue weighted by molar-refractivity contribution is 6.30. The van der Waals surface area contributed by atoms with E-state index in [1.807, 2.05) is 42.5 Å². The van der Waals surface area contributed by atoms with Crippen LogP contribution in [-0.2, 0) is 0 Å². The molecule has 1 unspecified atom stereocenters. The van der Waals surface area contributed by atoms with Gasteiger partial charge in [-0.05, 0) is 43.2 Å². The molecule has 0 saturated carbocycles. The zero-order valence-electron chi connectivity index (χ0n) is 11.9. The van der Waals surface area contributed by atoms with Gasteiger partial charge in [-0.1, -0.05) is 42.8 Å². The molecule has 2 aromatic carbocycles. The fourth-order valence-electron chi connectivity index (χ4n) is 2.02. The molecule has 2 aromatic rings. The van der Waals surface area contributed by atoms with Crippen LogP contribution in [-0.4, -0.2) is 6.61 Å². The fraction of sp³-hybridized carbons (Fsp3) is 0.294. The third-order valence-corrected chi connectivity index (χ3v) is 3.30. The summed E-state index contributed by atoms with van der Waals surface area (Å²) in [5, 5.41) is 4.24. The Hall–Kier alpha value is -1.67. The van der Waals surface area contributed by atoms with Crippen LogP contribution in [0.2, 0.25) is 5.02 Å². The Bertz CT molecular complexity index is 556. The van der Waals surface area contributed by atoms with Gasteiger partial charge in [-0.3, -0.25) is 0 Å². The van der Waals surface area contributed by atoms with Gasteiger partial charge in [-0.15, -0.1) is 0 Å². The molecule has 0 heterocycles. The maximum atomic E-state index is 6.04. The standard InChI is InChI=1S/C17H20ClNO/c1-3-11-20-17-10-5-4-9-16(17)19-13(2)14-7-6-8-15(18)12-14/h4-10,12-13,19H,3,11H2,1-2H3. The van der Waals surface area contributed by atoms with Crippen LogP contribution < -0.4 is 10.1 Å². The van der Waals surface area contributed by atoms with Crippen molar-refractivity contribution in [1.82, 2.24) is 0 Å². The zero-order valence-corrected chi connectivity index (χ0v) is 12.7. The number of halogens is 1. The van der Waals surface area contributed by atoms with Crippen molar-refractivity contribution in [3.8, 4) is 5.75 Å². The van der Waals surface area contributed by atoms with E-state index in [2.05, 4.69) is 25.2 Å². The number of nitrogens with one attached hydrogen (secondary N) is 1. The van der Waals surface area contributed by atoms with Gasteiger partial charge in [0.25, 0.3) is 0 Å². The highest BCUT2D eigenvalue weighted by Crippen LogP contribution is 2.28. The van der Waals surface area contributed by atoms with E-state index in [9.17, 15) is 0 Å². The average Bonchev–Trinajstić information content (AvgIpc) is 2.46. The van der Waals surface area contributed by atoms with E-state index in [4.69, 9.17) is 16.3 Å². The molecule has 1 atom stereocenters. The van der Waals surface area contributed by atoms with Crippen LogP contribution in [0.1, 0.15) is 31.9 Å². The molecule has 0 aromatic heterocycles. The Labute approximate surface area is 125 Å². The Kier molecular flexibility index (Phi) is 5.31. The molecule has 20 heavy (non-hydrogen) atoms. The van der Waals surface area contributed by atoms with Crippen LogP contribution >= 0.6 is 11.6 Å². The van der Waals surface area contributed by atoms with Crippen LogP contribution in [0, 0.1) is 0 Å². The maximum Gasteiger partial charge on any atom is 0.142 e. The highest BCUT2D eigenvalue weighted by Gasteiger charge is 2.09. The van der Waals surface area contributed by atoms with Crippen LogP contribution in [0.15, 0.2) is 48.5 Å². The maximum absolute atomic E-state index is 6.04. The molecule has 0 aliphatic heterocycles. The van der Waals surface area contributed by atoms with Gasteiger partial charge in [0.2, 0.25) is 0 Å². The number of ether oxygens (including phenoxy) is 1. The van der Waals surface area contributed by atoms with Crippen molar-refractivity contribution in [2.45, 2.75) is 26.3 Å². The lowest BCUT2D eigenvalue weighted by atomic mass is 10.1. The second kappa shape index (κ2) is 7.20. The summed E-state index contributed by atoms with van der Waals surface area (Å²) in [5.74, 6) is 0.892. The van der Waals surface area contributed by atoms with Gasteiger partial charge in [0, 0.05) is 11.1 Å². The Morgan fingerprint density at radius 1 is 1.15 bits per heavy atom. The molecule has 0 radical (unpaired) electrons. The van der Waals surface area contributed by atoms with Crippen LogP contribution in [0.5, 0.6) is 5.75 Å². The third-order valence-electron chi connectivity index (χ3n) is 3.07. The monoisotopic (exact) mass is 289 g/mol. The predicted molar refractivity (Wildman–Crippen MR) is 85.7 cm³/mol. The Morgan fingerprint density at radius 3 is 2.70 bits per heavy atom. The summed E-state index contributed by atoms with van der Waals surface area (Å²) in [6, 6.07) is 16.1. The van der Waals surface area contributed by atoms with Crippen molar-refractivity contribution in [2.75, 3.05) is 11.9 Å². The largest absolute Gasteiger partial charge is 0.491 e. The van der Waals surface area contributed by atoms with Crippen molar-refractivity contribution in [3.05, 3.63) is 59.1 Å². The molecule has 0 bridgehead atoms. The lowest BCUT2D eigenvalue weighted by Gasteiger charge is -2.18. The molecule has 1 N–H and O–H groups in total. The van der Waals surface area contributed by atoms with Gasteiger partial charge < -0.3 is 10.1 Å². The second-order valence-corrected chi connectivity index (χ2v) is 5.20. The number of anilines is 1. The van der Waals surface area contributed by atoms with Gasteiger partial charge in [-0.2, -0.15) is 0 Å². The van der Waals surface area contributed by atoms with E-state index in [-0.39, 0.29) is 6.04 Å². The summed E-state index contributed by atoms with van der Waals surface area (Å²) in [4.78, 5) is 0. The number of hydrogen-bond donors (Lipinski definition) is 1. The van der Waals surface area contributed by atoms with Crippen LogP contribution in [0.25, 0.3) is 0 Å². The molecule has 0 aliphatic rings. The SMILES string of the molecule is CCCOc1ccccc1NC(C)c1cccc(Cl)c1. The van der Waals surface area contributed by atoms with E-state index in [1.165, 1.54) is 0 Å². The lowest BCUT2D eigenvalue weighted by Crippen LogP contribution is -2.08. The van der Waals surface area contributed by atoms with Gasteiger partial charge in [-0.25, -0.2) is 0 Å². The van der Waals surface area contributed by atoms with Crippen molar-refractivity contribution in [2.24, 2.45) is 0 Å². The summed E-state index contributed by atoms with van der Waals surface area (Å²) < 4.78 is 5.76. The first-order chi connectivity index (χ1) is 9.70. The number of rotatable bonds is 6. The molecule has 3 heteroatoms. The molecular formula is C17H20ClNO. The Morgan fingerprint density at radius 2 is 1.95 bits per heavy atom. The zero-order chi connectivity index (χ0) is 14.4. The molecular weight excluding hydrogens is 270 g/mol. The summed E-state index contributed by atoms with van der Waals surface area (Å²) >= 11 is 6.04. The number of benzene rings is 2. The quantitative estimate of drug-likeness (QED) is 0.779. The third kappa shape index (κ3) is 3.91. The van der Waals surface area contributed by atoms with Gasteiger partial charge in [0.1, 0.15) is 5.75 Å². The molecule has 0 aliphatic carbocycles. The fourth-order valence-corrected chi connectivity index (χ4v) is 2.22. The molecule has 0 fully saturated rings. The van der Waals surface area contributed by atoms with Crippen molar-refractivity contribution >= 4 is 17.3 Å².